The number of thiophene rings is 1. The Morgan fingerprint density at radius 2 is 2.08 bits per heavy atom. The van der Waals surface area contributed by atoms with Crippen LogP contribution < -0.4 is 16.0 Å². The Kier molecular flexibility index (Phi) is 10.4. The number of aliphatic imine (C=N–C) groups is 1. The van der Waals surface area contributed by atoms with Crippen molar-refractivity contribution in [3.8, 4) is 0 Å². The molecule has 2 heterocycles. The van der Waals surface area contributed by atoms with Crippen LogP contribution in [0.2, 0.25) is 0 Å². The number of rotatable bonds is 6. The zero-order valence-corrected chi connectivity index (χ0v) is 20.0. The number of hydrogen-bond acceptors (Lipinski definition) is 4. The van der Waals surface area contributed by atoms with E-state index in [2.05, 4.69) is 71.2 Å². The Bertz CT molecular complexity index is 527. The summed E-state index contributed by atoms with van der Waals surface area (Å²) >= 11 is 1.87. The first kappa shape index (κ1) is 23.7. The van der Waals surface area contributed by atoms with Crippen molar-refractivity contribution in [1.29, 1.82) is 0 Å². The molecule has 3 N–H and O–H groups in total. The molecular formula is C19H36IN5S. The van der Waals surface area contributed by atoms with Gasteiger partial charge in [-0.2, -0.15) is 0 Å². The lowest BCUT2D eigenvalue weighted by atomic mass is 9.88. The largest absolute Gasteiger partial charge is 0.356 e. The quantitative estimate of drug-likeness (QED) is 0.247. The molecule has 150 valence electrons. The predicted octanol–water partition coefficient (Wildman–Crippen LogP) is 3.30. The van der Waals surface area contributed by atoms with Crippen LogP contribution in [0.4, 0.5) is 0 Å². The second-order valence-corrected chi connectivity index (χ2v) is 8.88. The van der Waals surface area contributed by atoms with Crippen LogP contribution in [0, 0.1) is 5.92 Å². The van der Waals surface area contributed by atoms with Crippen LogP contribution in [0.3, 0.4) is 0 Å². The van der Waals surface area contributed by atoms with Crippen LogP contribution >= 0.6 is 35.3 Å². The lowest BCUT2D eigenvalue weighted by Gasteiger charge is -2.39. The van der Waals surface area contributed by atoms with Crippen molar-refractivity contribution in [2.75, 3.05) is 40.3 Å². The van der Waals surface area contributed by atoms with Crippen molar-refractivity contribution in [3.63, 3.8) is 0 Å². The lowest BCUT2D eigenvalue weighted by Crippen LogP contribution is -2.47. The zero-order chi connectivity index (χ0) is 18.3. The van der Waals surface area contributed by atoms with Gasteiger partial charge in [0.25, 0.3) is 0 Å². The number of halogens is 1. The van der Waals surface area contributed by atoms with Crippen LogP contribution in [-0.2, 0) is 0 Å². The van der Waals surface area contributed by atoms with Gasteiger partial charge in [-0.3, -0.25) is 9.89 Å². The summed E-state index contributed by atoms with van der Waals surface area (Å²) in [5, 5.41) is 12.6. The van der Waals surface area contributed by atoms with E-state index < -0.39 is 0 Å². The molecule has 5 nitrogen and oxygen atoms in total. The molecule has 26 heavy (non-hydrogen) atoms. The molecule has 1 aromatic heterocycles. The lowest BCUT2D eigenvalue weighted by molar-refractivity contribution is 0.125. The van der Waals surface area contributed by atoms with Crippen LogP contribution in [0.1, 0.15) is 44.5 Å². The third-order valence-corrected chi connectivity index (χ3v) is 5.61. The second-order valence-electron chi connectivity index (χ2n) is 7.90. The maximum atomic E-state index is 4.37. The molecule has 0 saturated carbocycles. The molecule has 1 aliphatic heterocycles. The van der Waals surface area contributed by atoms with E-state index in [0.717, 1.165) is 25.6 Å². The molecule has 2 atom stereocenters. The Balaban J connectivity index is 0.00000338. The van der Waals surface area contributed by atoms with E-state index in [0.29, 0.717) is 12.0 Å². The van der Waals surface area contributed by atoms with Gasteiger partial charge in [-0.05, 0) is 64.6 Å². The summed E-state index contributed by atoms with van der Waals surface area (Å²) < 4.78 is 0. The highest BCUT2D eigenvalue weighted by Gasteiger charge is 2.31. The molecule has 2 unspecified atom stereocenters. The smallest absolute Gasteiger partial charge is 0.191 e. The first-order chi connectivity index (χ1) is 11.9. The van der Waals surface area contributed by atoms with Crippen LogP contribution in [0.5, 0.6) is 0 Å². The average Bonchev–Trinajstić information content (AvgIpc) is 3.07. The molecule has 0 aliphatic carbocycles. The molecule has 1 saturated heterocycles. The van der Waals surface area contributed by atoms with Gasteiger partial charge in [-0.1, -0.05) is 6.07 Å². The van der Waals surface area contributed by atoms with Gasteiger partial charge in [0.2, 0.25) is 0 Å². The SMILES string of the molecule is CN=C(NCCNC(C)(C)C)NCC1CCCN(C)C1c1cccs1.I. The van der Waals surface area contributed by atoms with E-state index in [4.69, 9.17) is 0 Å². The highest BCUT2D eigenvalue weighted by atomic mass is 127. The van der Waals surface area contributed by atoms with Crippen LogP contribution in [0.25, 0.3) is 0 Å². The van der Waals surface area contributed by atoms with Crippen molar-refractivity contribution >= 4 is 41.3 Å². The van der Waals surface area contributed by atoms with Gasteiger partial charge in [0.15, 0.2) is 5.96 Å². The highest BCUT2D eigenvalue weighted by Crippen LogP contribution is 2.36. The van der Waals surface area contributed by atoms with Crippen molar-refractivity contribution in [2.45, 2.75) is 45.2 Å². The zero-order valence-electron chi connectivity index (χ0n) is 16.8. The Morgan fingerprint density at radius 1 is 1.31 bits per heavy atom. The Morgan fingerprint density at radius 3 is 2.69 bits per heavy atom. The number of guanidine groups is 1. The molecule has 0 radical (unpaired) electrons. The van der Waals surface area contributed by atoms with E-state index in [9.17, 15) is 0 Å². The molecule has 1 fully saturated rings. The second kappa shape index (κ2) is 11.5. The minimum Gasteiger partial charge on any atom is -0.356 e. The summed E-state index contributed by atoms with van der Waals surface area (Å²) in [5.41, 5.74) is 0.152. The Hall–Kier alpha value is -0.380. The summed E-state index contributed by atoms with van der Waals surface area (Å²) in [6.07, 6.45) is 2.54. The van der Waals surface area contributed by atoms with Gasteiger partial charge in [-0.25, -0.2) is 0 Å². The fourth-order valence-corrected chi connectivity index (χ4v) is 4.43. The third kappa shape index (κ3) is 7.70. The molecule has 0 aromatic carbocycles. The number of piperidine rings is 1. The van der Waals surface area contributed by atoms with Crippen molar-refractivity contribution < 1.29 is 0 Å². The highest BCUT2D eigenvalue weighted by molar-refractivity contribution is 14.0. The van der Waals surface area contributed by atoms with Crippen LogP contribution in [0.15, 0.2) is 22.5 Å². The summed E-state index contributed by atoms with van der Waals surface area (Å²) in [6.45, 7) is 10.5. The molecule has 1 aromatic rings. The van der Waals surface area contributed by atoms with Gasteiger partial charge < -0.3 is 16.0 Å². The van der Waals surface area contributed by atoms with E-state index in [1.165, 1.54) is 24.3 Å². The van der Waals surface area contributed by atoms with Gasteiger partial charge in [0, 0.05) is 43.1 Å². The van der Waals surface area contributed by atoms with E-state index in [1.54, 1.807) is 0 Å². The Labute approximate surface area is 180 Å². The summed E-state index contributed by atoms with van der Waals surface area (Å²) in [5.74, 6) is 1.51. The summed E-state index contributed by atoms with van der Waals surface area (Å²) in [4.78, 5) is 8.35. The van der Waals surface area contributed by atoms with E-state index in [-0.39, 0.29) is 29.5 Å². The first-order valence-electron chi connectivity index (χ1n) is 9.34. The molecule has 7 heteroatoms. The normalized spacial score (nSPS) is 22.0. The third-order valence-electron chi connectivity index (χ3n) is 4.67. The number of nitrogens with one attached hydrogen (secondary N) is 3. The topological polar surface area (TPSA) is 51.7 Å². The molecule has 0 amide bonds. The standard InChI is InChI=1S/C19H35N5S.HI/c1-19(2,3)23-11-10-21-18(20-4)22-14-15-8-6-12-24(5)17(15)16-9-7-13-25-16;/h7,9,13,15,17,23H,6,8,10-12,14H2,1-5H3,(H2,20,21,22);1H. The van der Waals surface area contributed by atoms with Crippen molar-refractivity contribution in [2.24, 2.45) is 10.9 Å². The molecule has 0 bridgehead atoms. The van der Waals surface area contributed by atoms with Gasteiger partial charge >= 0.3 is 0 Å². The number of likely N-dealkylation sites (tertiary alicyclic amines) is 1. The first-order valence-corrected chi connectivity index (χ1v) is 10.2. The molecule has 2 rings (SSSR count). The van der Waals surface area contributed by atoms with Crippen molar-refractivity contribution in [1.82, 2.24) is 20.9 Å². The van der Waals surface area contributed by atoms with Gasteiger partial charge in [-0.15, -0.1) is 35.3 Å². The maximum absolute atomic E-state index is 4.37. The maximum Gasteiger partial charge on any atom is 0.191 e. The number of nitrogens with zero attached hydrogens (tertiary/aromatic N) is 2. The minimum atomic E-state index is 0. The monoisotopic (exact) mass is 493 g/mol. The van der Waals surface area contributed by atoms with Crippen molar-refractivity contribution in [3.05, 3.63) is 22.4 Å². The van der Waals surface area contributed by atoms with Crippen LogP contribution in [-0.4, -0.2) is 56.7 Å². The van der Waals surface area contributed by atoms with E-state index >= 15 is 0 Å². The molecular weight excluding hydrogens is 457 g/mol. The fourth-order valence-electron chi connectivity index (χ4n) is 3.45. The average molecular weight is 494 g/mol. The fraction of sp³-hybridized carbons (Fsp3) is 0.737. The number of hydrogen-bond donors (Lipinski definition) is 3. The summed E-state index contributed by atoms with van der Waals surface area (Å²) in [7, 11) is 4.10. The van der Waals surface area contributed by atoms with Gasteiger partial charge in [0.05, 0.1) is 0 Å². The minimum absolute atomic E-state index is 0. The molecule has 0 spiro atoms. The summed E-state index contributed by atoms with van der Waals surface area (Å²) in [6, 6.07) is 4.95. The predicted molar refractivity (Wildman–Crippen MR) is 125 cm³/mol. The van der Waals surface area contributed by atoms with E-state index in [1.807, 2.05) is 18.4 Å². The van der Waals surface area contributed by atoms with Gasteiger partial charge in [0.1, 0.15) is 0 Å². The molecule has 1 aliphatic rings.